The highest BCUT2D eigenvalue weighted by Crippen LogP contribution is 2.26. The molecule has 0 aliphatic heterocycles. The number of anilines is 1. The smallest absolute Gasteiger partial charge is 0.319 e. The molecule has 0 atom stereocenters. The Morgan fingerprint density at radius 3 is 2.77 bits per heavy atom. The Hall–Kier alpha value is -2.41. The van der Waals surface area contributed by atoms with E-state index < -0.39 is 5.54 Å². The van der Waals surface area contributed by atoms with Gasteiger partial charge in [0.15, 0.2) is 5.82 Å². The summed E-state index contributed by atoms with van der Waals surface area (Å²) in [5.74, 6) is 0.694. The first-order chi connectivity index (χ1) is 10.5. The van der Waals surface area contributed by atoms with E-state index in [1.54, 1.807) is 26.2 Å². The normalized spacial score (nSPS) is 11.3. The van der Waals surface area contributed by atoms with Crippen molar-refractivity contribution in [3.8, 4) is 11.4 Å². The number of aliphatic hydroxyl groups is 1. The van der Waals surface area contributed by atoms with Crippen molar-refractivity contribution in [2.24, 2.45) is 0 Å². The molecular formula is C15H21N5O2. The summed E-state index contributed by atoms with van der Waals surface area (Å²) in [6, 6.07) is 7.01. The van der Waals surface area contributed by atoms with E-state index in [9.17, 15) is 9.90 Å². The summed E-state index contributed by atoms with van der Waals surface area (Å²) in [4.78, 5) is 12.1. The standard InChI is InChI=1S/C15H21N5O2/c1-4-20-10-16-19-13(20)11-7-5-6-8-12(11)17-14(22)18-15(2,3)9-21/h5-8,10,21H,4,9H2,1-3H3,(H2,17,18,22). The van der Waals surface area contributed by atoms with Crippen molar-refractivity contribution in [1.29, 1.82) is 0 Å². The van der Waals surface area contributed by atoms with E-state index in [0.717, 1.165) is 12.1 Å². The number of aliphatic hydroxyl groups excluding tert-OH is 1. The number of urea groups is 1. The van der Waals surface area contributed by atoms with E-state index in [-0.39, 0.29) is 12.6 Å². The number of hydrogen-bond acceptors (Lipinski definition) is 4. The third-order valence-electron chi connectivity index (χ3n) is 3.22. The Balaban J connectivity index is 2.24. The Kier molecular flexibility index (Phi) is 4.77. The van der Waals surface area contributed by atoms with Crippen molar-refractivity contribution in [3.63, 3.8) is 0 Å². The number of rotatable bonds is 5. The number of benzene rings is 1. The van der Waals surface area contributed by atoms with E-state index in [1.807, 2.05) is 29.7 Å². The van der Waals surface area contributed by atoms with Crippen LogP contribution in [0.15, 0.2) is 30.6 Å². The molecule has 2 rings (SSSR count). The van der Waals surface area contributed by atoms with Crippen LogP contribution >= 0.6 is 0 Å². The number of amides is 2. The first-order valence-electron chi connectivity index (χ1n) is 7.14. The molecule has 3 N–H and O–H groups in total. The zero-order chi connectivity index (χ0) is 16.2. The van der Waals surface area contributed by atoms with Gasteiger partial charge in [0.25, 0.3) is 0 Å². The van der Waals surface area contributed by atoms with Gasteiger partial charge in [0, 0.05) is 12.1 Å². The van der Waals surface area contributed by atoms with Gasteiger partial charge in [0.1, 0.15) is 6.33 Å². The molecule has 1 heterocycles. The Bertz CT molecular complexity index is 651. The first kappa shape index (κ1) is 16.0. The molecule has 0 aliphatic carbocycles. The SMILES string of the molecule is CCn1cnnc1-c1ccccc1NC(=O)NC(C)(C)CO. The van der Waals surface area contributed by atoms with Gasteiger partial charge in [0.05, 0.1) is 17.8 Å². The number of carbonyl (C=O) groups excluding carboxylic acids is 1. The van der Waals surface area contributed by atoms with Gasteiger partial charge in [0.2, 0.25) is 0 Å². The summed E-state index contributed by atoms with van der Waals surface area (Å²) < 4.78 is 1.90. The molecular weight excluding hydrogens is 282 g/mol. The van der Waals surface area contributed by atoms with Crippen LogP contribution < -0.4 is 10.6 Å². The predicted molar refractivity (Wildman–Crippen MR) is 84.5 cm³/mol. The zero-order valence-corrected chi connectivity index (χ0v) is 13.0. The highest BCUT2D eigenvalue weighted by atomic mass is 16.3. The summed E-state index contributed by atoms with van der Waals surface area (Å²) in [6.45, 7) is 6.07. The monoisotopic (exact) mass is 303 g/mol. The number of hydrogen-bond donors (Lipinski definition) is 3. The summed E-state index contributed by atoms with van der Waals surface area (Å²) in [7, 11) is 0. The van der Waals surface area contributed by atoms with Crippen molar-refractivity contribution in [1.82, 2.24) is 20.1 Å². The van der Waals surface area contributed by atoms with Crippen molar-refractivity contribution in [3.05, 3.63) is 30.6 Å². The van der Waals surface area contributed by atoms with Crippen LogP contribution in [0.1, 0.15) is 20.8 Å². The molecule has 0 saturated carbocycles. The number of aryl methyl sites for hydroxylation is 1. The molecule has 0 aliphatic rings. The second-order valence-corrected chi connectivity index (χ2v) is 5.61. The highest BCUT2D eigenvalue weighted by Gasteiger charge is 2.20. The minimum absolute atomic E-state index is 0.147. The molecule has 0 unspecified atom stereocenters. The lowest BCUT2D eigenvalue weighted by Crippen LogP contribution is -2.48. The second-order valence-electron chi connectivity index (χ2n) is 5.61. The lowest BCUT2D eigenvalue weighted by Gasteiger charge is -2.24. The molecule has 1 aromatic carbocycles. The molecule has 1 aromatic heterocycles. The largest absolute Gasteiger partial charge is 0.394 e. The maximum atomic E-state index is 12.1. The highest BCUT2D eigenvalue weighted by molar-refractivity contribution is 5.94. The van der Waals surface area contributed by atoms with Crippen LogP contribution in [0.5, 0.6) is 0 Å². The number of carbonyl (C=O) groups is 1. The predicted octanol–water partition coefficient (Wildman–Crippen LogP) is 1.86. The van der Waals surface area contributed by atoms with Gasteiger partial charge in [-0.2, -0.15) is 0 Å². The van der Waals surface area contributed by atoms with Crippen LogP contribution in [-0.2, 0) is 6.54 Å². The number of nitrogens with zero attached hydrogens (tertiary/aromatic N) is 3. The van der Waals surface area contributed by atoms with E-state index in [4.69, 9.17) is 0 Å². The quantitative estimate of drug-likeness (QED) is 0.786. The molecule has 0 saturated heterocycles. The molecule has 0 spiro atoms. The number of aromatic nitrogens is 3. The molecule has 2 amide bonds. The summed E-state index contributed by atoms with van der Waals surface area (Å²) >= 11 is 0. The lowest BCUT2D eigenvalue weighted by molar-refractivity contribution is 0.187. The summed E-state index contributed by atoms with van der Waals surface area (Å²) in [5, 5.41) is 22.8. The minimum atomic E-state index is -0.692. The van der Waals surface area contributed by atoms with Gasteiger partial charge in [-0.05, 0) is 32.9 Å². The van der Waals surface area contributed by atoms with Crippen molar-refractivity contribution in [2.75, 3.05) is 11.9 Å². The summed E-state index contributed by atoms with van der Waals surface area (Å²) in [5.41, 5.74) is 0.734. The Morgan fingerprint density at radius 2 is 2.09 bits per heavy atom. The maximum absolute atomic E-state index is 12.1. The Labute approximate surface area is 129 Å². The van der Waals surface area contributed by atoms with Gasteiger partial charge in [-0.1, -0.05) is 12.1 Å². The van der Waals surface area contributed by atoms with Crippen LogP contribution in [0.25, 0.3) is 11.4 Å². The lowest BCUT2D eigenvalue weighted by atomic mass is 10.1. The molecule has 0 radical (unpaired) electrons. The van der Waals surface area contributed by atoms with Crippen molar-refractivity contribution >= 4 is 11.7 Å². The molecule has 2 aromatic rings. The number of nitrogens with one attached hydrogen (secondary N) is 2. The second kappa shape index (κ2) is 6.57. The van der Waals surface area contributed by atoms with Crippen molar-refractivity contribution < 1.29 is 9.90 Å². The van der Waals surface area contributed by atoms with Crippen LogP contribution in [0, 0.1) is 0 Å². The molecule has 0 fully saturated rings. The average Bonchev–Trinajstić information content (AvgIpc) is 2.95. The van der Waals surface area contributed by atoms with E-state index >= 15 is 0 Å². The number of para-hydroxylation sites is 1. The van der Waals surface area contributed by atoms with Crippen molar-refractivity contribution in [2.45, 2.75) is 32.9 Å². The zero-order valence-electron chi connectivity index (χ0n) is 13.0. The fraction of sp³-hybridized carbons (Fsp3) is 0.400. The van der Waals surface area contributed by atoms with Crippen LogP contribution in [0.2, 0.25) is 0 Å². The molecule has 22 heavy (non-hydrogen) atoms. The van der Waals surface area contributed by atoms with Gasteiger partial charge in [-0.15, -0.1) is 10.2 Å². The van der Waals surface area contributed by atoms with E-state index in [0.29, 0.717) is 11.5 Å². The van der Waals surface area contributed by atoms with Crippen LogP contribution in [0.4, 0.5) is 10.5 Å². The van der Waals surface area contributed by atoms with Crippen LogP contribution in [-0.4, -0.2) is 38.0 Å². The fourth-order valence-corrected chi connectivity index (χ4v) is 1.98. The topological polar surface area (TPSA) is 92.1 Å². The molecule has 118 valence electrons. The molecule has 0 bridgehead atoms. The molecule has 7 nitrogen and oxygen atoms in total. The maximum Gasteiger partial charge on any atom is 0.319 e. The minimum Gasteiger partial charge on any atom is -0.394 e. The summed E-state index contributed by atoms with van der Waals surface area (Å²) in [6.07, 6.45) is 1.65. The van der Waals surface area contributed by atoms with Crippen LogP contribution in [0.3, 0.4) is 0 Å². The Morgan fingerprint density at radius 1 is 1.36 bits per heavy atom. The first-order valence-corrected chi connectivity index (χ1v) is 7.14. The van der Waals surface area contributed by atoms with E-state index in [2.05, 4.69) is 20.8 Å². The van der Waals surface area contributed by atoms with Gasteiger partial charge < -0.3 is 20.3 Å². The van der Waals surface area contributed by atoms with Gasteiger partial charge in [-0.25, -0.2) is 4.79 Å². The third kappa shape index (κ3) is 3.62. The average molecular weight is 303 g/mol. The van der Waals surface area contributed by atoms with Gasteiger partial charge >= 0.3 is 6.03 Å². The third-order valence-corrected chi connectivity index (χ3v) is 3.22. The molecule has 7 heteroatoms. The van der Waals surface area contributed by atoms with Gasteiger partial charge in [-0.3, -0.25) is 0 Å². The fourth-order valence-electron chi connectivity index (χ4n) is 1.98. The van der Waals surface area contributed by atoms with E-state index in [1.165, 1.54) is 0 Å².